The van der Waals surface area contributed by atoms with Crippen molar-refractivity contribution < 1.29 is 13.9 Å². The van der Waals surface area contributed by atoms with Gasteiger partial charge in [-0.3, -0.25) is 4.79 Å². The van der Waals surface area contributed by atoms with Gasteiger partial charge in [0.1, 0.15) is 6.17 Å². The van der Waals surface area contributed by atoms with E-state index in [1.54, 1.807) is 0 Å². The molecule has 2 N–H and O–H groups in total. The van der Waals surface area contributed by atoms with Crippen LogP contribution in [-0.4, -0.2) is 44.4 Å². The van der Waals surface area contributed by atoms with Crippen LogP contribution in [0.2, 0.25) is 0 Å². The Balaban J connectivity index is 1.63. The number of rotatable bonds is 8. The first-order chi connectivity index (χ1) is 14.9. The van der Waals surface area contributed by atoms with Gasteiger partial charge in [-0.05, 0) is 87.7 Å². The first-order valence-electron chi connectivity index (χ1n) is 12.1. The van der Waals surface area contributed by atoms with Gasteiger partial charge in [-0.15, -0.1) is 0 Å². The summed E-state index contributed by atoms with van der Waals surface area (Å²) >= 11 is 0. The fourth-order valence-corrected chi connectivity index (χ4v) is 7.49. The van der Waals surface area contributed by atoms with E-state index in [2.05, 4.69) is 29.4 Å². The lowest BCUT2D eigenvalue weighted by atomic mass is 9.38. The minimum Gasteiger partial charge on any atom is -0.381 e. The minimum atomic E-state index is -1.02. The Morgan fingerprint density at radius 2 is 2.00 bits per heavy atom. The van der Waals surface area contributed by atoms with Crippen LogP contribution in [0.1, 0.15) is 58.8 Å². The lowest BCUT2D eigenvalue weighted by Crippen LogP contribution is -2.64. The van der Waals surface area contributed by atoms with Crippen molar-refractivity contribution >= 4 is 5.91 Å². The van der Waals surface area contributed by atoms with Crippen molar-refractivity contribution in [2.24, 2.45) is 22.2 Å². The molecule has 4 nitrogen and oxygen atoms in total. The van der Waals surface area contributed by atoms with E-state index in [0.717, 1.165) is 50.6 Å². The normalized spacial score (nSPS) is 41.8. The quantitative estimate of drug-likeness (QED) is 0.558. The first-order valence-corrected chi connectivity index (χ1v) is 12.1. The fourth-order valence-electron chi connectivity index (χ4n) is 7.49. The average molecular weight is 431 g/mol. The summed E-state index contributed by atoms with van der Waals surface area (Å²) in [4.78, 5) is 13.8. The van der Waals surface area contributed by atoms with Crippen LogP contribution in [0.25, 0.3) is 0 Å². The van der Waals surface area contributed by atoms with Gasteiger partial charge in [-0.1, -0.05) is 30.9 Å². The molecule has 31 heavy (non-hydrogen) atoms. The molecule has 2 unspecified atom stereocenters. The maximum Gasteiger partial charge on any atom is 0.226 e. The molecule has 1 saturated heterocycles. The van der Waals surface area contributed by atoms with Crippen molar-refractivity contribution in [2.75, 3.05) is 26.3 Å². The van der Waals surface area contributed by atoms with E-state index in [-0.39, 0.29) is 22.8 Å². The minimum absolute atomic E-state index is 0.0212. The van der Waals surface area contributed by atoms with Crippen molar-refractivity contribution in [1.29, 1.82) is 0 Å². The number of allylic oxidation sites excluding steroid dienone is 5. The van der Waals surface area contributed by atoms with Crippen LogP contribution in [0.3, 0.4) is 0 Å². The molecule has 5 aliphatic rings. The summed E-state index contributed by atoms with van der Waals surface area (Å²) < 4.78 is 20.4. The lowest BCUT2D eigenvalue weighted by Gasteiger charge is -2.66. The number of carbonyl (C=O) groups is 1. The molecule has 172 valence electrons. The zero-order valence-electron chi connectivity index (χ0n) is 19.2. The molecule has 1 aliphatic heterocycles. The number of hydrogen-bond acceptors (Lipinski definition) is 3. The number of nitrogens with one attached hydrogen (secondary N) is 2. The molecule has 0 aromatic rings. The zero-order chi connectivity index (χ0) is 22.1. The summed E-state index contributed by atoms with van der Waals surface area (Å²) in [5, 5.41) is 6.23. The number of amides is 1. The van der Waals surface area contributed by atoms with E-state index >= 15 is 0 Å². The van der Waals surface area contributed by atoms with Crippen molar-refractivity contribution in [3.8, 4) is 0 Å². The van der Waals surface area contributed by atoms with Gasteiger partial charge in [-0.25, -0.2) is 4.39 Å². The molecule has 0 radical (unpaired) electrons. The van der Waals surface area contributed by atoms with E-state index in [1.165, 1.54) is 0 Å². The molecule has 1 heterocycles. The Morgan fingerprint density at radius 3 is 2.74 bits per heavy atom. The van der Waals surface area contributed by atoms with Gasteiger partial charge >= 0.3 is 0 Å². The Labute approximate surface area is 186 Å². The van der Waals surface area contributed by atoms with Gasteiger partial charge in [0.05, 0.1) is 18.1 Å². The molecule has 4 saturated carbocycles. The van der Waals surface area contributed by atoms with Crippen molar-refractivity contribution in [3.63, 3.8) is 0 Å². The lowest BCUT2D eigenvalue weighted by molar-refractivity contribution is -0.180. The molecular formula is C26H39FN2O2. The molecule has 4 bridgehead atoms. The summed E-state index contributed by atoms with van der Waals surface area (Å²) in [7, 11) is 0. The molecule has 5 fully saturated rings. The van der Waals surface area contributed by atoms with Gasteiger partial charge in [0, 0.05) is 13.2 Å². The van der Waals surface area contributed by atoms with Crippen LogP contribution in [0.15, 0.2) is 36.5 Å². The summed E-state index contributed by atoms with van der Waals surface area (Å²) in [5.41, 5.74) is 0.666. The van der Waals surface area contributed by atoms with Crippen LogP contribution < -0.4 is 10.6 Å². The van der Waals surface area contributed by atoms with Gasteiger partial charge < -0.3 is 15.4 Å². The second-order valence-electron chi connectivity index (χ2n) is 10.7. The monoisotopic (exact) mass is 430 g/mol. The SMILES string of the molecule is C=C(/C=C\C=C/C)[C@]12CC3CC(C(=O)N[C@@H]4CCNC[C@@H]4F)(C[C@](COCC)(C3)C1)C2. The first kappa shape index (κ1) is 22.7. The number of carbonyl (C=O) groups excluding carboxylic acids is 1. The third-order valence-electron chi connectivity index (χ3n) is 8.28. The Hall–Kier alpha value is -1.46. The highest BCUT2D eigenvalue weighted by Crippen LogP contribution is 2.71. The molecule has 1 amide bonds. The van der Waals surface area contributed by atoms with Crippen molar-refractivity contribution in [2.45, 2.75) is 71.0 Å². The van der Waals surface area contributed by atoms with Gasteiger partial charge in [0.15, 0.2) is 0 Å². The molecule has 4 aliphatic carbocycles. The van der Waals surface area contributed by atoms with Gasteiger partial charge in [0.2, 0.25) is 5.91 Å². The van der Waals surface area contributed by atoms with E-state index in [9.17, 15) is 9.18 Å². The molecular weight excluding hydrogens is 391 g/mol. The Bertz CT molecular complexity index is 765. The van der Waals surface area contributed by atoms with Crippen LogP contribution in [0, 0.1) is 22.2 Å². The molecule has 0 aromatic heterocycles. The van der Waals surface area contributed by atoms with Crippen LogP contribution >= 0.6 is 0 Å². The summed E-state index contributed by atoms with van der Waals surface area (Å²) in [6.45, 7) is 11.0. The average Bonchev–Trinajstić information content (AvgIpc) is 2.73. The maximum atomic E-state index is 14.5. The third-order valence-corrected chi connectivity index (χ3v) is 8.28. The summed E-state index contributed by atoms with van der Waals surface area (Å²) in [6.07, 6.45) is 13.8. The van der Waals surface area contributed by atoms with Crippen molar-refractivity contribution in [1.82, 2.24) is 10.6 Å². The summed E-state index contributed by atoms with van der Waals surface area (Å²) in [6, 6.07) is -0.377. The highest BCUT2D eigenvalue weighted by atomic mass is 19.1. The predicted octanol–water partition coefficient (Wildman–Crippen LogP) is 4.48. The number of halogens is 1. The summed E-state index contributed by atoms with van der Waals surface area (Å²) in [5.74, 6) is 0.574. The van der Waals surface area contributed by atoms with E-state index < -0.39 is 11.6 Å². The molecule has 0 aromatic carbocycles. The van der Waals surface area contributed by atoms with E-state index in [4.69, 9.17) is 4.74 Å². The molecule has 0 spiro atoms. The molecule has 5 heteroatoms. The topological polar surface area (TPSA) is 50.4 Å². The number of hydrogen-bond donors (Lipinski definition) is 2. The number of ether oxygens (including phenoxy) is 1. The van der Waals surface area contributed by atoms with E-state index in [0.29, 0.717) is 32.1 Å². The maximum absolute atomic E-state index is 14.5. The molecule has 5 rings (SSSR count). The van der Waals surface area contributed by atoms with Crippen molar-refractivity contribution in [3.05, 3.63) is 36.5 Å². The number of alkyl halides is 1. The predicted molar refractivity (Wildman–Crippen MR) is 122 cm³/mol. The Kier molecular flexibility index (Phi) is 6.47. The van der Waals surface area contributed by atoms with Gasteiger partial charge in [0.25, 0.3) is 0 Å². The highest BCUT2D eigenvalue weighted by Gasteiger charge is 2.66. The zero-order valence-corrected chi connectivity index (χ0v) is 19.2. The standard InChI is InChI=1S/C26H39FN2O2/c1-4-6-7-8-19(3)25-12-20-11-24(15-25,18-31-5-2)16-26(13-20,17-25)23(30)29-22-9-10-28-14-21(22)27/h4,6-8,20-22,28H,3,5,9-18H2,1-2H3,(H,29,30)/b6-4-,8-7-/t20?,21-,22+,24-,25+,26?/m0/s1. The second-order valence-corrected chi connectivity index (χ2v) is 10.7. The highest BCUT2D eigenvalue weighted by molar-refractivity contribution is 5.84. The smallest absolute Gasteiger partial charge is 0.226 e. The van der Waals surface area contributed by atoms with E-state index in [1.807, 2.05) is 26.0 Å². The van der Waals surface area contributed by atoms with Crippen LogP contribution in [0.5, 0.6) is 0 Å². The van der Waals surface area contributed by atoms with Gasteiger partial charge in [-0.2, -0.15) is 0 Å². The van der Waals surface area contributed by atoms with Crippen LogP contribution in [0.4, 0.5) is 4.39 Å². The largest absolute Gasteiger partial charge is 0.381 e. The number of piperidine rings is 1. The Morgan fingerprint density at radius 1 is 1.23 bits per heavy atom. The third kappa shape index (κ3) is 4.28. The van der Waals surface area contributed by atoms with Crippen LogP contribution in [-0.2, 0) is 9.53 Å². The second kappa shape index (κ2) is 8.82. The molecule has 6 atom stereocenters. The fraction of sp³-hybridized carbons (Fsp3) is 0.731.